The Hall–Kier alpha value is -2.34. The van der Waals surface area contributed by atoms with E-state index in [4.69, 9.17) is 11.6 Å². The van der Waals surface area contributed by atoms with Crippen molar-refractivity contribution in [2.75, 3.05) is 19.6 Å². The molecule has 0 spiro atoms. The first-order chi connectivity index (χ1) is 13.5. The zero-order chi connectivity index (χ0) is 20.1. The Bertz CT molecular complexity index is 845. The van der Waals surface area contributed by atoms with E-state index in [9.17, 15) is 9.59 Å². The summed E-state index contributed by atoms with van der Waals surface area (Å²) in [7, 11) is 0. The Balaban J connectivity index is 1.58. The molecule has 2 aromatic rings. The van der Waals surface area contributed by atoms with E-state index >= 15 is 0 Å². The maximum atomic E-state index is 12.4. The number of aromatic nitrogens is 2. The minimum absolute atomic E-state index is 0.0517. The molecule has 6 nitrogen and oxygen atoms in total. The van der Waals surface area contributed by atoms with Gasteiger partial charge in [-0.2, -0.15) is 5.10 Å². The van der Waals surface area contributed by atoms with Gasteiger partial charge in [-0.3, -0.25) is 9.59 Å². The summed E-state index contributed by atoms with van der Waals surface area (Å²) >= 11 is 5.96. The molecule has 1 aromatic heterocycles. The first-order valence-electron chi connectivity index (χ1n) is 9.81. The highest BCUT2D eigenvalue weighted by Crippen LogP contribution is 2.20. The molecule has 7 heteroatoms. The topological polar surface area (TPSA) is 67.2 Å². The number of rotatable bonds is 6. The molecule has 1 saturated heterocycles. The van der Waals surface area contributed by atoms with Crippen LogP contribution in [-0.2, 0) is 16.0 Å². The molecule has 1 aliphatic rings. The van der Waals surface area contributed by atoms with Gasteiger partial charge in [-0.25, -0.2) is 4.68 Å². The number of carbonyl (C=O) groups is 2. The van der Waals surface area contributed by atoms with E-state index in [1.54, 1.807) is 0 Å². The summed E-state index contributed by atoms with van der Waals surface area (Å²) in [4.78, 5) is 26.3. The molecule has 1 fully saturated rings. The van der Waals surface area contributed by atoms with E-state index in [0.29, 0.717) is 24.5 Å². The highest BCUT2D eigenvalue weighted by molar-refractivity contribution is 6.30. The lowest BCUT2D eigenvalue weighted by molar-refractivity contribution is -0.131. The van der Waals surface area contributed by atoms with Gasteiger partial charge in [0.25, 0.3) is 0 Å². The number of likely N-dealkylation sites (tertiary alicyclic amines) is 1. The molecule has 1 aromatic carbocycles. The number of amides is 2. The Morgan fingerprint density at radius 1 is 1.18 bits per heavy atom. The maximum absolute atomic E-state index is 12.4. The van der Waals surface area contributed by atoms with Gasteiger partial charge in [-0.15, -0.1) is 0 Å². The maximum Gasteiger partial charge on any atom is 0.224 e. The Kier molecular flexibility index (Phi) is 6.73. The number of halogens is 1. The lowest BCUT2D eigenvalue weighted by atomic mass is 10.1. The van der Waals surface area contributed by atoms with Crippen LogP contribution < -0.4 is 5.32 Å². The lowest BCUT2D eigenvalue weighted by Gasteiger charge is -2.20. The van der Waals surface area contributed by atoms with E-state index < -0.39 is 0 Å². The third kappa shape index (κ3) is 4.93. The average molecular weight is 403 g/mol. The molecule has 2 heterocycles. The summed E-state index contributed by atoms with van der Waals surface area (Å²) in [5.74, 6) is 0.145. The van der Waals surface area contributed by atoms with E-state index in [-0.39, 0.29) is 18.2 Å². The van der Waals surface area contributed by atoms with Crippen molar-refractivity contribution < 1.29 is 9.59 Å². The minimum Gasteiger partial charge on any atom is -0.354 e. The predicted octanol–water partition coefficient (Wildman–Crippen LogP) is 3.20. The first-order valence-corrected chi connectivity index (χ1v) is 10.2. The number of nitrogens with one attached hydrogen (secondary N) is 1. The summed E-state index contributed by atoms with van der Waals surface area (Å²) in [5.41, 5.74) is 3.62. The minimum atomic E-state index is -0.0517. The second-order valence-corrected chi connectivity index (χ2v) is 7.69. The third-order valence-corrected chi connectivity index (χ3v) is 5.48. The summed E-state index contributed by atoms with van der Waals surface area (Å²) in [6.45, 7) is 5.73. The van der Waals surface area contributed by atoms with Gasteiger partial charge in [0.1, 0.15) is 0 Å². The van der Waals surface area contributed by atoms with Gasteiger partial charge in [0, 0.05) is 42.3 Å². The monoisotopic (exact) mass is 402 g/mol. The van der Waals surface area contributed by atoms with Gasteiger partial charge in [0.05, 0.1) is 17.8 Å². The number of nitrogens with zero attached hydrogens (tertiary/aromatic N) is 3. The van der Waals surface area contributed by atoms with Crippen LogP contribution in [-0.4, -0.2) is 46.1 Å². The lowest BCUT2D eigenvalue weighted by Crippen LogP contribution is -2.38. The standard InChI is InChI=1S/C21H27ClN4O2/c1-15-19(16(2)26(24-15)18-9-7-17(22)8-10-18)14-20(27)23-11-13-25-12-5-3-4-6-21(25)28/h7-10H,3-6,11-14H2,1-2H3,(H,23,27). The molecule has 3 rings (SSSR count). The van der Waals surface area contributed by atoms with E-state index in [1.165, 1.54) is 0 Å². The third-order valence-electron chi connectivity index (χ3n) is 5.22. The van der Waals surface area contributed by atoms with Crippen molar-refractivity contribution in [1.29, 1.82) is 0 Å². The fourth-order valence-corrected chi connectivity index (χ4v) is 3.72. The van der Waals surface area contributed by atoms with Crippen LogP contribution in [0.25, 0.3) is 5.69 Å². The number of carbonyl (C=O) groups excluding carboxylic acids is 2. The van der Waals surface area contributed by atoms with Crippen molar-refractivity contribution >= 4 is 23.4 Å². The van der Waals surface area contributed by atoms with Gasteiger partial charge in [0.15, 0.2) is 0 Å². The fraction of sp³-hybridized carbons (Fsp3) is 0.476. The van der Waals surface area contributed by atoms with Gasteiger partial charge >= 0.3 is 0 Å². The number of hydrogen-bond acceptors (Lipinski definition) is 3. The van der Waals surface area contributed by atoms with Crippen molar-refractivity contribution in [2.45, 2.75) is 46.0 Å². The van der Waals surface area contributed by atoms with Crippen LogP contribution in [0.15, 0.2) is 24.3 Å². The van der Waals surface area contributed by atoms with Crippen LogP contribution >= 0.6 is 11.6 Å². The number of benzene rings is 1. The van der Waals surface area contributed by atoms with Crippen LogP contribution in [0.3, 0.4) is 0 Å². The molecule has 2 amide bonds. The van der Waals surface area contributed by atoms with Crippen molar-refractivity contribution in [2.24, 2.45) is 0 Å². The zero-order valence-corrected chi connectivity index (χ0v) is 17.3. The predicted molar refractivity (Wildman–Crippen MR) is 110 cm³/mol. The zero-order valence-electron chi connectivity index (χ0n) is 16.5. The summed E-state index contributed by atoms with van der Waals surface area (Å²) < 4.78 is 1.84. The molecule has 0 bridgehead atoms. The van der Waals surface area contributed by atoms with Gasteiger partial charge in [0.2, 0.25) is 11.8 Å². The number of hydrogen-bond donors (Lipinski definition) is 1. The van der Waals surface area contributed by atoms with Crippen LogP contribution in [0, 0.1) is 13.8 Å². The van der Waals surface area contributed by atoms with Crippen molar-refractivity contribution in [3.63, 3.8) is 0 Å². The molecular weight excluding hydrogens is 376 g/mol. The molecule has 0 unspecified atom stereocenters. The average Bonchev–Trinajstić information content (AvgIpc) is 2.82. The van der Waals surface area contributed by atoms with E-state index in [2.05, 4.69) is 10.4 Å². The quantitative estimate of drug-likeness (QED) is 0.806. The molecule has 28 heavy (non-hydrogen) atoms. The Morgan fingerprint density at radius 3 is 2.68 bits per heavy atom. The van der Waals surface area contributed by atoms with Gasteiger partial charge in [-0.1, -0.05) is 18.0 Å². The molecular formula is C21H27ClN4O2. The van der Waals surface area contributed by atoms with Crippen molar-refractivity contribution in [1.82, 2.24) is 20.0 Å². The highest BCUT2D eigenvalue weighted by Gasteiger charge is 2.18. The van der Waals surface area contributed by atoms with Crippen molar-refractivity contribution in [3.8, 4) is 5.69 Å². The van der Waals surface area contributed by atoms with Crippen LogP contribution in [0.4, 0.5) is 0 Å². The largest absolute Gasteiger partial charge is 0.354 e. The second-order valence-electron chi connectivity index (χ2n) is 7.26. The normalized spacial score (nSPS) is 14.8. The molecule has 1 aliphatic heterocycles. The van der Waals surface area contributed by atoms with Crippen LogP contribution in [0.5, 0.6) is 0 Å². The van der Waals surface area contributed by atoms with Crippen LogP contribution in [0.1, 0.15) is 42.6 Å². The van der Waals surface area contributed by atoms with Gasteiger partial charge < -0.3 is 10.2 Å². The highest BCUT2D eigenvalue weighted by atomic mass is 35.5. The first kappa shape index (κ1) is 20.4. The summed E-state index contributed by atoms with van der Waals surface area (Å²) in [5, 5.41) is 8.19. The SMILES string of the molecule is Cc1nn(-c2ccc(Cl)cc2)c(C)c1CC(=O)NCCN1CCCCCC1=O. The second kappa shape index (κ2) is 9.24. The Morgan fingerprint density at radius 2 is 1.93 bits per heavy atom. The molecule has 0 saturated carbocycles. The molecule has 1 N–H and O–H groups in total. The Labute approximate surface area is 170 Å². The summed E-state index contributed by atoms with van der Waals surface area (Å²) in [6.07, 6.45) is 4.01. The van der Waals surface area contributed by atoms with Crippen LogP contribution in [0.2, 0.25) is 5.02 Å². The fourth-order valence-electron chi connectivity index (χ4n) is 3.59. The molecule has 150 valence electrons. The van der Waals surface area contributed by atoms with Gasteiger partial charge in [-0.05, 0) is 51.0 Å². The molecule has 0 radical (unpaired) electrons. The summed E-state index contributed by atoms with van der Waals surface area (Å²) in [6, 6.07) is 7.46. The smallest absolute Gasteiger partial charge is 0.224 e. The van der Waals surface area contributed by atoms with Crippen molar-refractivity contribution in [3.05, 3.63) is 46.2 Å². The molecule has 0 aliphatic carbocycles. The van der Waals surface area contributed by atoms with E-state index in [1.807, 2.05) is 47.7 Å². The molecule has 0 atom stereocenters. The number of aryl methyl sites for hydroxylation is 1. The van der Waals surface area contributed by atoms with E-state index in [0.717, 1.165) is 48.4 Å².